The molecule has 1 aromatic carbocycles. The Labute approximate surface area is 123 Å². The summed E-state index contributed by atoms with van der Waals surface area (Å²) in [5, 5.41) is 9.23. The minimum atomic E-state index is -1.05. The molecular weight excluding hydrogens is 268 g/mol. The van der Waals surface area contributed by atoms with Crippen molar-refractivity contribution in [1.82, 2.24) is 4.57 Å². The summed E-state index contributed by atoms with van der Waals surface area (Å²) in [5.74, 6) is -1.29. The van der Waals surface area contributed by atoms with Crippen LogP contribution in [0.4, 0.5) is 5.69 Å². The normalized spacial score (nSPS) is 10.7. The number of benzene rings is 1. The summed E-state index contributed by atoms with van der Waals surface area (Å²) in [6, 6.07) is 10.2. The Morgan fingerprint density at radius 3 is 2.43 bits per heavy atom. The van der Waals surface area contributed by atoms with Crippen LogP contribution in [0.25, 0.3) is 0 Å². The quantitative estimate of drug-likeness (QED) is 0.939. The SMILES string of the molecule is CC(C)n1cccc1C(=O)N(C)c1ccccc1C(=O)O. The molecule has 0 radical (unpaired) electrons. The van der Waals surface area contributed by atoms with Gasteiger partial charge in [-0.15, -0.1) is 0 Å². The van der Waals surface area contributed by atoms with Gasteiger partial charge in [-0.05, 0) is 38.1 Å². The molecule has 2 aromatic rings. The van der Waals surface area contributed by atoms with Gasteiger partial charge in [0.15, 0.2) is 0 Å². The van der Waals surface area contributed by atoms with E-state index in [4.69, 9.17) is 0 Å². The Morgan fingerprint density at radius 2 is 1.81 bits per heavy atom. The fourth-order valence-corrected chi connectivity index (χ4v) is 2.25. The molecule has 0 aliphatic carbocycles. The fourth-order valence-electron chi connectivity index (χ4n) is 2.25. The Morgan fingerprint density at radius 1 is 1.14 bits per heavy atom. The molecule has 0 unspecified atom stereocenters. The Hall–Kier alpha value is -2.56. The van der Waals surface area contributed by atoms with Gasteiger partial charge in [0.05, 0.1) is 11.3 Å². The largest absolute Gasteiger partial charge is 0.478 e. The van der Waals surface area contributed by atoms with Crippen molar-refractivity contribution >= 4 is 17.6 Å². The zero-order valence-corrected chi connectivity index (χ0v) is 12.3. The number of aromatic nitrogens is 1. The van der Waals surface area contributed by atoms with E-state index in [0.29, 0.717) is 11.4 Å². The number of para-hydroxylation sites is 1. The standard InChI is InChI=1S/C16H18N2O3/c1-11(2)18-10-6-9-14(18)15(19)17(3)13-8-5-4-7-12(13)16(20)21/h4-11H,1-3H3,(H,20,21). The number of aromatic carboxylic acids is 1. The number of carbonyl (C=O) groups is 2. The highest BCUT2D eigenvalue weighted by molar-refractivity contribution is 6.08. The summed E-state index contributed by atoms with van der Waals surface area (Å²) in [7, 11) is 1.59. The third kappa shape index (κ3) is 2.81. The van der Waals surface area contributed by atoms with E-state index in [1.807, 2.05) is 30.7 Å². The van der Waals surface area contributed by atoms with E-state index >= 15 is 0 Å². The first-order valence-electron chi connectivity index (χ1n) is 6.70. The van der Waals surface area contributed by atoms with Crippen molar-refractivity contribution < 1.29 is 14.7 Å². The van der Waals surface area contributed by atoms with Crippen molar-refractivity contribution in [2.45, 2.75) is 19.9 Å². The molecule has 110 valence electrons. The van der Waals surface area contributed by atoms with Crippen LogP contribution in [-0.4, -0.2) is 28.6 Å². The number of carboxylic acid groups (broad SMARTS) is 1. The summed E-state index contributed by atoms with van der Waals surface area (Å²) < 4.78 is 1.86. The summed E-state index contributed by atoms with van der Waals surface area (Å²) >= 11 is 0. The number of carbonyl (C=O) groups excluding carboxylic acids is 1. The van der Waals surface area contributed by atoms with Crippen LogP contribution in [0.1, 0.15) is 40.7 Å². The van der Waals surface area contributed by atoms with Gasteiger partial charge in [0.1, 0.15) is 5.69 Å². The first-order chi connectivity index (χ1) is 9.93. The summed E-state index contributed by atoms with van der Waals surface area (Å²) in [4.78, 5) is 25.3. The van der Waals surface area contributed by atoms with Gasteiger partial charge in [0.2, 0.25) is 0 Å². The molecule has 1 aromatic heterocycles. The van der Waals surface area contributed by atoms with Gasteiger partial charge in [0.25, 0.3) is 5.91 Å². The second-order valence-corrected chi connectivity index (χ2v) is 5.08. The lowest BCUT2D eigenvalue weighted by atomic mass is 10.1. The molecule has 0 aliphatic heterocycles. The highest BCUT2D eigenvalue weighted by Crippen LogP contribution is 2.22. The van der Waals surface area contributed by atoms with Crippen molar-refractivity contribution in [2.24, 2.45) is 0 Å². The fraction of sp³-hybridized carbons (Fsp3) is 0.250. The van der Waals surface area contributed by atoms with E-state index in [1.54, 1.807) is 31.3 Å². The zero-order valence-electron chi connectivity index (χ0n) is 12.3. The van der Waals surface area contributed by atoms with Crippen LogP contribution in [0.3, 0.4) is 0 Å². The molecule has 0 saturated heterocycles. The number of rotatable bonds is 4. The molecule has 5 heteroatoms. The molecule has 21 heavy (non-hydrogen) atoms. The van der Waals surface area contributed by atoms with Crippen LogP contribution in [0, 0.1) is 0 Å². The highest BCUT2D eigenvalue weighted by atomic mass is 16.4. The zero-order chi connectivity index (χ0) is 15.6. The molecule has 0 atom stereocenters. The number of carboxylic acids is 1. The second kappa shape index (κ2) is 5.83. The molecule has 0 bridgehead atoms. The van der Waals surface area contributed by atoms with Crippen LogP contribution in [0.5, 0.6) is 0 Å². The molecular formula is C16H18N2O3. The van der Waals surface area contributed by atoms with Crippen molar-refractivity contribution in [3.05, 3.63) is 53.9 Å². The molecule has 0 saturated carbocycles. The maximum atomic E-state index is 12.6. The van der Waals surface area contributed by atoms with Gasteiger partial charge in [0, 0.05) is 19.3 Å². The van der Waals surface area contributed by atoms with Crippen molar-refractivity contribution in [2.75, 3.05) is 11.9 Å². The van der Waals surface area contributed by atoms with Crippen molar-refractivity contribution in [3.63, 3.8) is 0 Å². The second-order valence-electron chi connectivity index (χ2n) is 5.08. The molecule has 1 N–H and O–H groups in total. The predicted molar refractivity (Wildman–Crippen MR) is 81.0 cm³/mol. The van der Waals surface area contributed by atoms with Gasteiger partial charge in [-0.3, -0.25) is 4.79 Å². The van der Waals surface area contributed by atoms with Gasteiger partial charge < -0.3 is 14.6 Å². The minimum Gasteiger partial charge on any atom is -0.478 e. The summed E-state index contributed by atoms with van der Waals surface area (Å²) in [6.07, 6.45) is 1.84. The van der Waals surface area contributed by atoms with Crippen LogP contribution in [0.15, 0.2) is 42.6 Å². The average Bonchev–Trinajstić information content (AvgIpc) is 2.95. The summed E-state index contributed by atoms with van der Waals surface area (Å²) in [6.45, 7) is 3.98. The van der Waals surface area contributed by atoms with Crippen LogP contribution in [0.2, 0.25) is 0 Å². The molecule has 0 aliphatic rings. The van der Waals surface area contributed by atoms with Gasteiger partial charge in [-0.1, -0.05) is 12.1 Å². The third-order valence-corrected chi connectivity index (χ3v) is 3.35. The Kier molecular flexibility index (Phi) is 4.12. The summed E-state index contributed by atoms with van der Waals surface area (Å²) in [5.41, 5.74) is 1.02. The molecule has 1 heterocycles. The number of amides is 1. The molecule has 0 spiro atoms. The smallest absolute Gasteiger partial charge is 0.337 e. The van der Waals surface area contributed by atoms with E-state index in [-0.39, 0.29) is 17.5 Å². The van der Waals surface area contributed by atoms with Crippen molar-refractivity contribution in [1.29, 1.82) is 0 Å². The van der Waals surface area contributed by atoms with Gasteiger partial charge in [-0.2, -0.15) is 0 Å². The number of nitrogens with zero attached hydrogens (tertiary/aromatic N) is 2. The first-order valence-corrected chi connectivity index (χ1v) is 6.70. The first kappa shape index (κ1) is 14.8. The van der Waals surface area contributed by atoms with E-state index < -0.39 is 5.97 Å². The van der Waals surface area contributed by atoms with E-state index in [0.717, 1.165) is 0 Å². The van der Waals surface area contributed by atoms with Gasteiger partial charge in [-0.25, -0.2) is 4.79 Å². The van der Waals surface area contributed by atoms with E-state index in [9.17, 15) is 14.7 Å². The minimum absolute atomic E-state index is 0.107. The highest BCUT2D eigenvalue weighted by Gasteiger charge is 2.21. The van der Waals surface area contributed by atoms with Crippen LogP contribution < -0.4 is 4.90 Å². The molecule has 0 fully saturated rings. The van der Waals surface area contributed by atoms with E-state index in [1.165, 1.54) is 11.0 Å². The maximum absolute atomic E-state index is 12.6. The lowest BCUT2D eigenvalue weighted by Crippen LogP contribution is -2.30. The lowest BCUT2D eigenvalue weighted by molar-refractivity contribution is 0.0697. The molecule has 5 nitrogen and oxygen atoms in total. The Bertz CT molecular complexity index is 674. The molecule has 1 amide bonds. The number of anilines is 1. The van der Waals surface area contributed by atoms with Crippen LogP contribution >= 0.6 is 0 Å². The molecule has 2 rings (SSSR count). The lowest BCUT2D eigenvalue weighted by Gasteiger charge is -2.21. The number of hydrogen-bond donors (Lipinski definition) is 1. The maximum Gasteiger partial charge on any atom is 0.337 e. The predicted octanol–water partition coefficient (Wildman–Crippen LogP) is 3.04. The van der Waals surface area contributed by atoms with Gasteiger partial charge >= 0.3 is 5.97 Å². The third-order valence-electron chi connectivity index (χ3n) is 3.35. The van der Waals surface area contributed by atoms with Crippen LogP contribution in [-0.2, 0) is 0 Å². The van der Waals surface area contributed by atoms with E-state index in [2.05, 4.69) is 0 Å². The Balaban J connectivity index is 2.40. The monoisotopic (exact) mass is 286 g/mol. The average molecular weight is 286 g/mol. The van der Waals surface area contributed by atoms with Crippen molar-refractivity contribution in [3.8, 4) is 0 Å². The number of hydrogen-bond acceptors (Lipinski definition) is 2. The topological polar surface area (TPSA) is 62.5 Å².